The lowest BCUT2D eigenvalue weighted by Crippen LogP contribution is -2.17. The predicted molar refractivity (Wildman–Crippen MR) is 81.2 cm³/mol. The molecule has 5 nitrogen and oxygen atoms in total. The molecule has 0 radical (unpaired) electrons. The number of nitrogens with zero attached hydrogens (tertiary/aromatic N) is 1. The number of amides is 1. The van der Waals surface area contributed by atoms with Crippen molar-refractivity contribution in [3.8, 4) is 11.5 Å². The summed E-state index contributed by atoms with van der Waals surface area (Å²) in [6, 6.07) is 11.4. The Morgan fingerprint density at radius 1 is 1.33 bits per heavy atom. The van der Waals surface area contributed by atoms with Crippen LogP contribution in [0.4, 0.5) is 0 Å². The summed E-state index contributed by atoms with van der Waals surface area (Å²) in [6.07, 6.45) is 1.47. The minimum Gasteiger partial charge on any atom is -0.507 e. The fraction of sp³-hybridized carbons (Fsp3) is 0.0667. The molecule has 108 valence electrons. The van der Waals surface area contributed by atoms with Gasteiger partial charge in [-0.25, -0.2) is 5.43 Å². The molecule has 0 aromatic heterocycles. The van der Waals surface area contributed by atoms with Gasteiger partial charge in [-0.2, -0.15) is 5.10 Å². The number of methoxy groups -OCH3 is 1. The fourth-order valence-corrected chi connectivity index (χ4v) is 1.81. The SMILES string of the molecule is COc1cccc(C=NNC(=O)c2cc(Cl)ccc2O)c1. The molecule has 0 spiro atoms. The largest absolute Gasteiger partial charge is 0.507 e. The molecule has 2 aromatic carbocycles. The number of hydrazone groups is 1. The Bertz CT molecular complexity index is 686. The van der Waals surface area contributed by atoms with Gasteiger partial charge in [-0.05, 0) is 35.9 Å². The van der Waals surface area contributed by atoms with Crippen molar-refractivity contribution in [2.45, 2.75) is 0 Å². The van der Waals surface area contributed by atoms with Gasteiger partial charge in [0.1, 0.15) is 11.5 Å². The van der Waals surface area contributed by atoms with Crippen LogP contribution in [0.3, 0.4) is 0 Å². The summed E-state index contributed by atoms with van der Waals surface area (Å²) in [4.78, 5) is 11.9. The quantitative estimate of drug-likeness (QED) is 0.674. The van der Waals surface area contributed by atoms with Crippen molar-refractivity contribution >= 4 is 23.7 Å². The Labute approximate surface area is 126 Å². The Morgan fingerprint density at radius 3 is 2.90 bits per heavy atom. The van der Waals surface area contributed by atoms with Crippen LogP contribution in [0.25, 0.3) is 0 Å². The predicted octanol–water partition coefficient (Wildman–Crippen LogP) is 2.82. The average Bonchev–Trinajstić information content (AvgIpc) is 2.49. The number of halogens is 1. The highest BCUT2D eigenvalue weighted by Crippen LogP contribution is 2.21. The lowest BCUT2D eigenvalue weighted by Gasteiger charge is -2.03. The van der Waals surface area contributed by atoms with Crippen LogP contribution in [0.1, 0.15) is 15.9 Å². The highest BCUT2D eigenvalue weighted by Gasteiger charge is 2.10. The second kappa shape index (κ2) is 6.76. The molecule has 0 saturated carbocycles. The lowest BCUT2D eigenvalue weighted by molar-refractivity contribution is 0.0952. The number of phenols is 1. The van der Waals surface area contributed by atoms with Crippen LogP contribution >= 0.6 is 11.6 Å². The van der Waals surface area contributed by atoms with Crippen molar-refractivity contribution in [1.82, 2.24) is 5.43 Å². The van der Waals surface area contributed by atoms with Gasteiger partial charge in [0.2, 0.25) is 0 Å². The summed E-state index contributed by atoms with van der Waals surface area (Å²) in [5.74, 6) is -0.0135. The third-order valence-electron chi connectivity index (χ3n) is 2.68. The fourth-order valence-electron chi connectivity index (χ4n) is 1.64. The van der Waals surface area contributed by atoms with Crippen molar-refractivity contribution in [2.24, 2.45) is 5.10 Å². The van der Waals surface area contributed by atoms with E-state index in [1.165, 1.54) is 24.4 Å². The van der Waals surface area contributed by atoms with Crippen LogP contribution in [-0.2, 0) is 0 Å². The number of phenolic OH excluding ortho intramolecular Hbond substituents is 1. The first-order valence-corrected chi connectivity index (χ1v) is 6.44. The number of carbonyl (C=O) groups excluding carboxylic acids is 1. The molecule has 6 heteroatoms. The van der Waals surface area contributed by atoms with Gasteiger partial charge in [0.15, 0.2) is 0 Å². The molecule has 2 rings (SSSR count). The number of hydrogen-bond donors (Lipinski definition) is 2. The Balaban J connectivity index is 2.06. The molecule has 1 amide bonds. The topological polar surface area (TPSA) is 70.9 Å². The van der Waals surface area contributed by atoms with E-state index in [2.05, 4.69) is 10.5 Å². The van der Waals surface area contributed by atoms with E-state index in [0.717, 1.165) is 5.56 Å². The molecule has 0 fully saturated rings. The Hall–Kier alpha value is -2.53. The average molecular weight is 305 g/mol. The van der Waals surface area contributed by atoms with E-state index in [1.807, 2.05) is 12.1 Å². The number of hydrogen-bond acceptors (Lipinski definition) is 4. The van der Waals surface area contributed by atoms with Gasteiger partial charge in [-0.1, -0.05) is 23.7 Å². The molecule has 0 unspecified atom stereocenters. The third-order valence-corrected chi connectivity index (χ3v) is 2.91. The van der Waals surface area contributed by atoms with E-state index < -0.39 is 5.91 Å². The van der Waals surface area contributed by atoms with E-state index in [-0.39, 0.29) is 11.3 Å². The van der Waals surface area contributed by atoms with Crippen LogP contribution in [0.2, 0.25) is 5.02 Å². The summed E-state index contributed by atoms with van der Waals surface area (Å²) in [6.45, 7) is 0. The van der Waals surface area contributed by atoms with Gasteiger partial charge >= 0.3 is 0 Å². The van der Waals surface area contributed by atoms with Crippen molar-refractivity contribution in [3.05, 3.63) is 58.6 Å². The molecular weight excluding hydrogens is 292 g/mol. The highest BCUT2D eigenvalue weighted by molar-refractivity contribution is 6.31. The minimum atomic E-state index is -0.547. The minimum absolute atomic E-state index is 0.0605. The monoisotopic (exact) mass is 304 g/mol. The van der Waals surface area contributed by atoms with Crippen LogP contribution < -0.4 is 10.2 Å². The van der Waals surface area contributed by atoms with Crippen molar-refractivity contribution in [2.75, 3.05) is 7.11 Å². The van der Waals surface area contributed by atoms with Gasteiger partial charge in [-0.15, -0.1) is 0 Å². The summed E-state index contributed by atoms with van der Waals surface area (Å²) >= 11 is 5.78. The zero-order chi connectivity index (χ0) is 15.2. The Morgan fingerprint density at radius 2 is 2.14 bits per heavy atom. The number of rotatable bonds is 4. The van der Waals surface area contributed by atoms with Gasteiger partial charge in [-0.3, -0.25) is 4.79 Å². The molecule has 0 saturated heterocycles. The summed E-state index contributed by atoms with van der Waals surface area (Å²) < 4.78 is 5.08. The number of carbonyl (C=O) groups is 1. The molecule has 0 aliphatic heterocycles. The maximum atomic E-state index is 11.9. The second-order valence-corrected chi connectivity index (χ2v) is 4.57. The van der Waals surface area contributed by atoms with Crippen LogP contribution in [0.15, 0.2) is 47.6 Å². The van der Waals surface area contributed by atoms with E-state index in [1.54, 1.807) is 19.2 Å². The maximum Gasteiger partial charge on any atom is 0.275 e. The standard InChI is InChI=1S/C15H13ClN2O3/c1-21-12-4-2-3-10(7-12)9-17-18-15(20)13-8-11(16)5-6-14(13)19/h2-9,19H,1H3,(H,18,20). The zero-order valence-electron chi connectivity index (χ0n) is 11.2. The first kappa shape index (κ1) is 14.9. The van der Waals surface area contributed by atoms with E-state index >= 15 is 0 Å². The van der Waals surface area contributed by atoms with Gasteiger partial charge in [0, 0.05) is 5.02 Å². The first-order valence-electron chi connectivity index (χ1n) is 6.06. The first-order chi connectivity index (χ1) is 10.1. The summed E-state index contributed by atoms with van der Waals surface area (Å²) in [5.41, 5.74) is 3.15. The molecule has 2 N–H and O–H groups in total. The van der Waals surface area contributed by atoms with Crippen LogP contribution in [0, 0.1) is 0 Å². The number of ether oxygens (including phenoxy) is 1. The molecule has 0 aliphatic rings. The van der Waals surface area contributed by atoms with Gasteiger partial charge in [0.25, 0.3) is 5.91 Å². The van der Waals surface area contributed by atoms with Crippen molar-refractivity contribution in [3.63, 3.8) is 0 Å². The summed E-state index contributed by atoms with van der Waals surface area (Å²) in [5, 5.41) is 13.8. The third kappa shape index (κ3) is 3.97. The van der Waals surface area contributed by atoms with E-state index in [0.29, 0.717) is 10.8 Å². The molecule has 0 heterocycles. The molecule has 21 heavy (non-hydrogen) atoms. The normalized spacial score (nSPS) is 10.6. The lowest BCUT2D eigenvalue weighted by atomic mass is 10.2. The molecule has 0 bridgehead atoms. The number of aromatic hydroxyl groups is 1. The molecule has 0 atom stereocenters. The van der Waals surface area contributed by atoms with Crippen molar-refractivity contribution in [1.29, 1.82) is 0 Å². The molecule has 0 aliphatic carbocycles. The van der Waals surface area contributed by atoms with Crippen LogP contribution in [0.5, 0.6) is 11.5 Å². The summed E-state index contributed by atoms with van der Waals surface area (Å²) in [7, 11) is 1.57. The maximum absolute atomic E-state index is 11.9. The second-order valence-electron chi connectivity index (χ2n) is 4.14. The smallest absolute Gasteiger partial charge is 0.275 e. The molecular formula is C15H13ClN2O3. The van der Waals surface area contributed by atoms with E-state index in [9.17, 15) is 9.90 Å². The van der Waals surface area contributed by atoms with Gasteiger partial charge in [0.05, 0.1) is 18.9 Å². The molecule has 2 aromatic rings. The number of nitrogens with one attached hydrogen (secondary N) is 1. The van der Waals surface area contributed by atoms with Crippen molar-refractivity contribution < 1.29 is 14.6 Å². The van der Waals surface area contributed by atoms with Gasteiger partial charge < -0.3 is 9.84 Å². The number of benzene rings is 2. The highest BCUT2D eigenvalue weighted by atomic mass is 35.5. The zero-order valence-corrected chi connectivity index (χ0v) is 12.0. The Kier molecular flexibility index (Phi) is 4.79. The van der Waals surface area contributed by atoms with Crippen LogP contribution in [-0.4, -0.2) is 24.3 Å². The van der Waals surface area contributed by atoms with E-state index in [4.69, 9.17) is 16.3 Å².